The van der Waals surface area contributed by atoms with Gasteiger partial charge in [-0.2, -0.15) is 0 Å². The molecule has 8 nitrogen and oxygen atoms in total. The number of nitrogens with zero attached hydrogens (tertiary/aromatic N) is 2. The van der Waals surface area contributed by atoms with E-state index in [4.69, 9.17) is 5.14 Å². The van der Waals surface area contributed by atoms with E-state index in [-0.39, 0.29) is 48.1 Å². The number of hydrogen-bond donors (Lipinski definition) is 2. The van der Waals surface area contributed by atoms with Crippen molar-refractivity contribution in [3.63, 3.8) is 0 Å². The Morgan fingerprint density at radius 1 is 1.35 bits per heavy atom. The van der Waals surface area contributed by atoms with Crippen LogP contribution in [0.15, 0.2) is 29.2 Å². The summed E-state index contributed by atoms with van der Waals surface area (Å²) in [5.41, 5.74) is 0.445. The largest absolute Gasteiger partial charge is 0.337 e. The van der Waals surface area contributed by atoms with Gasteiger partial charge in [0.25, 0.3) is 0 Å². The van der Waals surface area contributed by atoms with Crippen LogP contribution in [0.5, 0.6) is 0 Å². The molecule has 1 aromatic rings. The number of carbonyl (C=O) groups is 2. The number of sulfonamides is 1. The molecule has 10 heteroatoms. The monoisotopic (exact) mass is 402 g/mol. The van der Waals surface area contributed by atoms with Gasteiger partial charge in [-0.3, -0.25) is 9.59 Å². The first-order valence-electron chi connectivity index (χ1n) is 8.22. The van der Waals surface area contributed by atoms with E-state index in [9.17, 15) is 18.0 Å². The summed E-state index contributed by atoms with van der Waals surface area (Å²) >= 11 is 0. The van der Waals surface area contributed by atoms with Crippen molar-refractivity contribution in [2.24, 2.45) is 11.1 Å². The summed E-state index contributed by atoms with van der Waals surface area (Å²) in [5, 5.41) is 8.38. The minimum Gasteiger partial charge on any atom is -0.337 e. The van der Waals surface area contributed by atoms with Gasteiger partial charge < -0.3 is 15.1 Å². The lowest BCUT2D eigenvalue weighted by Gasteiger charge is -2.35. The summed E-state index contributed by atoms with van der Waals surface area (Å²) < 4.78 is 23.0. The fourth-order valence-corrected chi connectivity index (χ4v) is 3.91. The number of piperazine rings is 1. The van der Waals surface area contributed by atoms with Gasteiger partial charge in [0.15, 0.2) is 0 Å². The van der Waals surface area contributed by atoms with Crippen LogP contribution >= 0.6 is 12.4 Å². The smallest absolute Gasteiger partial charge is 0.238 e. The fraction of sp³-hybridized carbons (Fsp3) is 0.500. The van der Waals surface area contributed by atoms with Crippen LogP contribution < -0.4 is 15.4 Å². The van der Waals surface area contributed by atoms with Gasteiger partial charge in [0.05, 0.1) is 10.8 Å². The quantitative estimate of drug-likeness (QED) is 0.734. The fourth-order valence-electron chi connectivity index (χ4n) is 3.35. The predicted molar refractivity (Wildman–Crippen MR) is 99.6 cm³/mol. The molecule has 0 aromatic heterocycles. The lowest BCUT2D eigenvalue weighted by molar-refractivity contribution is -0.138. The van der Waals surface area contributed by atoms with E-state index in [1.54, 1.807) is 6.07 Å². The normalized spacial score (nSPS) is 23.7. The van der Waals surface area contributed by atoms with Crippen LogP contribution in [0.2, 0.25) is 0 Å². The zero-order valence-corrected chi connectivity index (χ0v) is 16.1. The first-order valence-corrected chi connectivity index (χ1v) is 9.76. The topological polar surface area (TPSA) is 113 Å². The van der Waals surface area contributed by atoms with Crippen LogP contribution in [0.3, 0.4) is 0 Å². The number of nitrogens with one attached hydrogen (secondary N) is 1. The van der Waals surface area contributed by atoms with Gasteiger partial charge in [0.1, 0.15) is 0 Å². The molecule has 0 spiro atoms. The Labute approximate surface area is 159 Å². The predicted octanol–water partition coefficient (Wildman–Crippen LogP) is -0.0710. The average molecular weight is 403 g/mol. The summed E-state index contributed by atoms with van der Waals surface area (Å²) in [7, 11) is -3.85. The van der Waals surface area contributed by atoms with E-state index >= 15 is 0 Å². The Balaban J connectivity index is 0.00000243. The van der Waals surface area contributed by atoms with Gasteiger partial charge in [0, 0.05) is 44.3 Å². The Kier molecular flexibility index (Phi) is 6.28. The van der Waals surface area contributed by atoms with Crippen LogP contribution in [0.1, 0.15) is 13.3 Å². The van der Waals surface area contributed by atoms with Gasteiger partial charge in [-0.05, 0) is 25.1 Å². The average Bonchev–Trinajstić information content (AvgIpc) is 2.96. The summed E-state index contributed by atoms with van der Waals surface area (Å²) in [6, 6.07) is 6.02. The lowest BCUT2D eigenvalue weighted by Crippen LogP contribution is -2.54. The van der Waals surface area contributed by atoms with E-state index in [2.05, 4.69) is 5.32 Å². The molecule has 3 rings (SSSR count). The number of primary sulfonamides is 1. The van der Waals surface area contributed by atoms with Gasteiger partial charge in [0.2, 0.25) is 21.8 Å². The molecule has 2 heterocycles. The Bertz CT molecular complexity index is 801. The summed E-state index contributed by atoms with van der Waals surface area (Å²) in [6.07, 6.45) is 0.134. The number of nitrogens with two attached hydrogens (primary N) is 1. The highest BCUT2D eigenvalue weighted by atomic mass is 35.5. The zero-order chi connectivity index (χ0) is 18.2. The first-order chi connectivity index (χ1) is 11.8. The van der Waals surface area contributed by atoms with Crippen molar-refractivity contribution in [1.82, 2.24) is 10.2 Å². The standard InChI is InChI=1S/C16H22N4O4S.ClH/c1-11-9-18-5-6-19(11)16(22)12-7-15(21)20(10-12)13-3-2-4-14(8-13)25(17,23)24;/h2-4,8,11-12,18H,5-7,9-10H2,1H3,(H2,17,23,24);1H. The van der Waals surface area contributed by atoms with E-state index < -0.39 is 15.9 Å². The van der Waals surface area contributed by atoms with Gasteiger partial charge in [-0.15, -0.1) is 12.4 Å². The Morgan fingerprint density at radius 2 is 2.08 bits per heavy atom. The molecule has 144 valence electrons. The summed E-state index contributed by atoms with van der Waals surface area (Å²) in [5.74, 6) is -0.619. The third-order valence-corrected chi connectivity index (χ3v) is 5.63. The number of halogens is 1. The zero-order valence-electron chi connectivity index (χ0n) is 14.4. The number of anilines is 1. The molecule has 0 radical (unpaired) electrons. The second-order valence-corrected chi connectivity index (χ2v) is 8.09. The van der Waals surface area contributed by atoms with Crippen LogP contribution in [0.4, 0.5) is 5.69 Å². The van der Waals surface area contributed by atoms with E-state index in [0.717, 1.165) is 13.1 Å². The van der Waals surface area contributed by atoms with E-state index in [1.807, 2.05) is 11.8 Å². The van der Waals surface area contributed by atoms with Crippen LogP contribution in [-0.4, -0.2) is 57.4 Å². The minimum absolute atomic E-state index is 0. The van der Waals surface area contributed by atoms with Crippen molar-refractivity contribution in [2.45, 2.75) is 24.3 Å². The highest BCUT2D eigenvalue weighted by molar-refractivity contribution is 7.89. The summed E-state index contributed by atoms with van der Waals surface area (Å²) in [4.78, 5) is 28.4. The molecule has 2 aliphatic heterocycles. The second kappa shape index (κ2) is 7.91. The van der Waals surface area contributed by atoms with Crippen molar-refractivity contribution in [3.8, 4) is 0 Å². The molecular formula is C16H23ClN4O4S. The Morgan fingerprint density at radius 3 is 2.73 bits per heavy atom. The van der Waals surface area contributed by atoms with E-state index in [0.29, 0.717) is 12.2 Å². The van der Waals surface area contributed by atoms with Gasteiger partial charge in [-0.1, -0.05) is 6.07 Å². The molecule has 0 saturated carbocycles. The number of carbonyl (C=O) groups excluding carboxylic acids is 2. The molecule has 26 heavy (non-hydrogen) atoms. The molecule has 1 aromatic carbocycles. The molecule has 0 aliphatic carbocycles. The first kappa shape index (κ1) is 20.6. The van der Waals surface area contributed by atoms with Crippen molar-refractivity contribution in [2.75, 3.05) is 31.1 Å². The maximum absolute atomic E-state index is 12.8. The van der Waals surface area contributed by atoms with Crippen molar-refractivity contribution < 1.29 is 18.0 Å². The molecule has 2 fully saturated rings. The third-order valence-electron chi connectivity index (χ3n) is 4.72. The van der Waals surface area contributed by atoms with Crippen LogP contribution in [-0.2, 0) is 19.6 Å². The minimum atomic E-state index is -3.85. The van der Waals surface area contributed by atoms with E-state index in [1.165, 1.54) is 23.1 Å². The molecule has 2 saturated heterocycles. The number of hydrogen-bond acceptors (Lipinski definition) is 5. The molecule has 0 bridgehead atoms. The van der Waals surface area contributed by atoms with Crippen molar-refractivity contribution in [1.29, 1.82) is 0 Å². The highest BCUT2D eigenvalue weighted by Gasteiger charge is 2.38. The molecule has 2 atom stereocenters. The molecule has 3 N–H and O–H groups in total. The maximum atomic E-state index is 12.8. The molecule has 2 aliphatic rings. The SMILES string of the molecule is CC1CNCCN1C(=O)C1CC(=O)N(c2cccc(S(N)(=O)=O)c2)C1.Cl. The molecule has 2 unspecified atom stereocenters. The second-order valence-electron chi connectivity index (χ2n) is 6.53. The number of amides is 2. The van der Waals surface area contributed by atoms with Crippen LogP contribution in [0, 0.1) is 5.92 Å². The number of rotatable bonds is 3. The molecular weight excluding hydrogens is 380 g/mol. The lowest BCUT2D eigenvalue weighted by atomic mass is 10.1. The molecule has 2 amide bonds. The van der Waals surface area contributed by atoms with Crippen LogP contribution in [0.25, 0.3) is 0 Å². The van der Waals surface area contributed by atoms with Crippen molar-refractivity contribution in [3.05, 3.63) is 24.3 Å². The Hall–Kier alpha value is -1.68. The third kappa shape index (κ3) is 4.17. The van der Waals surface area contributed by atoms with Gasteiger partial charge >= 0.3 is 0 Å². The maximum Gasteiger partial charge on any atom is 0.238 e. The highest BCUT2D eigenvalue weighted by Crippen LogP contribution is 2.28. The van der Waals surface area contributed by atoms with Gasteiger partial charge in [-0.25, -0.2) is 13.6 Å². The van der Waals surface area contributed by atoms with Crippen molar-refractivity contribution >= 4 is 39.9 Å². The summed E-state index contributed by atoms with van der Waals surface area (Å²) in [6.45, 7) is 4.35. The number of benzene rings is 1.